The molecule has 1 saturated heterocycles. The van der Waals surface area contributed by atoms with Gasteiger partial charge in [-0.05, 0) is 25.8 Å². The number of hydrogen-bond acceptors (Lipinski definition) is 6. The van der Waals surface area contributed by atoms with Crippen LogP contribution in [0.5, 0.6) is 0 Å². The van der Waals surface area contributed by atoms with Gasteiger partial charge < -0.3 is 14.6 Å². The average Bonchev–Trinajstić information content (AvgIpc) is 3.39. The van der Waals surface area contributed by atoms with Gasteiger partial charge >= 0.3 is 0 Å². The second-order valence-electron chi connectivity index (χ2n) is 6.55. The minimum atomic E-state index is -0.132. The summed E-state index contributed by atoms with van der Waals surface area (Å²) in [6.45, 7) is 2.79. The fraction of sp³-hybridized carbons (Fsp3) is 0.368. The van der Waals surface area contributed by atoms with E-state index in [2.05, 4.69) is 15.5 Å². The Morgan fingerprint density at radius 1 is 1.33 bits per heavy atom. The highest BCUT2D eigenvalue weighted by atomic mass is 32.1. The second kappa shape index (κ2) is 7.58. The van der Waals surface area contributed by atoms with Gasteiger partial charge in [0.25, 0.3) is 0 Å². The SMILES string of the molecule is CC(=O)c1cn(CCC(=O)Nc2nnc([C@H]3CCCO3)s2)c2ccccc12. The van der Waals surface area contributed by atoms with Crippen molar-refractivity contribution >= 4 is 39.1 Å². The smallest absolute Gasteiger partial charge is 0.227 e. The van der Waals surface area contributed by atoms with Gasteiger partial charge in [-0.1, -0.05) is 29.5 Å². The first-order valence-corrected chi connectivity index (χ1v) is 9.77. The number of aryl methyl sites for hydroxylation is 1. The molecule has 3 aromatic rings. The molecule has 1 aliphatic rings. The molecule has 27 heavy (non-hydrogen) atoms. The monoisotopic (exact) mass is 384 g/mol. The number of hydrogen-bond donors (Lipinski definition) is 1. The zero-order chi connectivity index (χ0) is 18.8. The van der Waals surface area contributed by atoms with Crippen LogP contribution in [0.3, 0.4) is 0 Å². The average molecular weight is 384 g/mol. The number of carbonyl (C=O) groups is 2. The molecule has 8 heteroatoms. The van der Waals surface area contributed by atoms with Crippen molar-refractivity contribution in [3.8, 4) is 0 Å². The van der Waals surface area contributed by atoms with Gasteiger partial charge in [-0.3, -0.25) is 9.59 Å². The normalized spacial score (nSPS) is 16.7. The molecular formula is C19H20N4O3S. The standard InChI is InChI=1S/C19H20N4O3S/c1-12(24)14-11-23(15-6-3-2-5-13(14)15)9-8-17(25)20-19-22-21-18(27-19)16-7-4-10-26-16/h2-3,5-6,11,16H,4,7-10H2,1H3,(H,20,22,25)/t16-/m1/s1. The maximum absolute atomic E-state index is 12.3. The maximum Gasteiger partial charge on any atom is 0.227 e. The van der Waals surface area contributed by atoms with Crippen molar-refractivity contribution in [1.82, 2.24) is 14.8 Å². The molecule has 3 heterocycles. The third kappa shape index (κ3) is 3.77. The Kier molecular flexibility index (Phi) is 5.00. The molecular weight excluding hydrogens is 364 g/mol. The number of ketones is 1. The van der Waals surface area contributed by atoms with Crippen molar-refractivity contribution < 1.29 is 14.3 Å². The number of Topliss-reactive ketones (excluding diaryl/α,β-unsaturated/α-hetero) is 1. The minimum absolute atomic E-state index is 0.00407. The number of fused-ring (bicyclic) bond motifs is 1. The molecule has 0 saturated carbocycles. The number of aromatic nitrogens is 3. The lowest BCUT2D eigenvalue weighted by Gasteiger charge is -2.05. The van der Waals surface area contributed by atoms with Crippen LogP contribution in [-0.2, 0) is 16.1 Å². The van der Waals surface area contributed by atoms with E-state index in [4.69, 9.17) is 4.74 Å². The summed E-state index contributed by atoms with van der Waals surface area (Å²) in [7, 11) is 0. The van der Waals surface area contributed by atoms with E-state index in [9.17, 15) is 9.59 Å². The number of anilines is 1. The third-order valence-electron chi connectivity index (χ3n) is 4.64. The van der Waals surface area contributed by atoms with Crippen LogP contribution in [0.25, 0.3) is 10.9 Å². The van der Waals surface area contributed by atoms with Gasteiger partial charge in [0, 0.05) is 42.2 Å². The van der Waals surface area contributed by atoms with Gasteiger partial charge in [0.1, 0.15) is 11.1 Å². The molecule has 1 amide bonds. The largest absolute Gasteiger partial charge is 0.371 e. The molecule has 0 unspecified atom stereocenters. The molecule has 0 radical (unpaired) electrons. The first-order chi connectivity index (χ1) is 13.1. The molecule has 0 spiro atoms. The lowest BCUT2D eigenvalue weighted by molar-refractivity contribution is -0.116. The first kappa shape index (κ1) is 17.8. The van der Waals surface area contributed by atoms with E-state index in [-0.39, 0.29) is 24.2 Å². The number of nitrogens with one attached hydrogen (secondary N) is 1. The molecule has 2 aromatic heterocycles. The summed E-state index contributed by atoms with van der Waals surface area (Å²) in [5.74, 6) is -0.114. The topological polar surface area (TPSA) is 86.1 Å². The number of para-hydroxylation sites is 1. The summed E-state index contributed by atoms with van der Waals surface area (Å²) in [6.07, 6.45) is 4.08. The number of ether oxygens (including phenoxy) is 1. The molecule has 1 atom stereocenters. The van der Waals surface area contributed by atoms with Crippen molar-refractivity contribution in [3.05, 3.63) is 41.0 Å². The Bertz CT molecular complexity index is 988. The Hall–Kier alpha value is -2.58. The zero-order valence-electron chi connectivity index (χ0n) is 15.0. The van der Waals surface area contributed by atoms with Crippen LogP contribution >= 0.6 is 11.3 Å². The summed E-state index contributed by atoms with van der Waals surface area (Å²) in [4.78, 5) is 24.2. The molecule has 0 bridgehead atoms. The lowest BCUT2D eigenvalue weighted by atomic mass is 10.1. The van der Waals surface area contributed by atoms with Crippen molar-refractivity contribution in [2.45, 2.75) is 38.8 Å². The first-order valence-electron chi connectivity index (χ1n) is 8.95. The van der Waals surface area contributed by atoms with Crippen molar-refractivity contribution in [2.75, 3.05) is 11.9 Å². The minimum Gasteiger partial charge on any atom is -0.371 e. The van der Waals surface area contributed by atoms with Gasteiger partial charge in [-0.15, -0.1) is 10.2 Å². The highest BCUT2D eigenvalue weighted by Crippen LogP contribution is 2.32. The maximum atomic E-state index is 12.3. The zero-order valence-corrected chi connectivity index (χ0v) is 15.8. The molecule has 1 aromatic carbocycles. The summed E-state index contributed by atoms with van der Waals surface area (Å²) >= 11 is 1.36. The van der Waals surface area contributed by atoms with Gasteiger partial charge in [-0.2, -0.15) is 0 Å². The highest BCUT2D eigenvalue weighted by molar-refractivity contribution is 7.15. The fourth-order valence-corrected chi connectivity index (χ4v) is 4.15. The second-order valence-corrected chi connectivity index (χ2v) is 7.56. The molecule has 0 aliphatic carbocycles. The van der Waals surface area contributed by atoms with Gasteiger partial charge in [0.15, 0.2) is 5.78 Å². The summed E-state index contributed by atoms with van der Waals surface area (Å²) < 4.78 is 7.54. The Labute approximate surface area is 160 Å². The van der Waals surface area contributed by atoms with E-state index in [1.807, 2.05) is 35.0 Å². The van der Waals surface area contributed by atoms with Crippen LogP contribution in [-0.4, -0.2) is 33.1 Å². The Morgan fingerprint density at radius 3 is 2.96 bits per heavy atom. The quantitative estimate of drug-likeness (QED) is 0.657. The van der Waals surface area contributed by atoms with Gasteiger partial charge in [-0.25, -0.2) is 0 Å². The molecule has 1 N–H and O–H groups in total. The van der Waals surface area contributed by atoms with Gasteiger partial charge in [0.2, 0.25) is 11.0 Å². The summed E-state index contributed by atoms with van der Waals surface area (Å²) in [6, 6.07) is 7.72. The van der Waals surface area contributed by atoms with Crippen LogP contribution in [0.4, 0.5) is 5.13 Å². The van der Waals surface area contributed by atoms with Crippen molar-refractivity contribution in [3.63, 3.8) is 0 Å². The van der Waals surface area contributed by atoms with Crippen molar-refractivity contribution in [2.24, 2.45) is 0 Å². The number of amides is 1. The van der Waals surface area contributed by atoms with E-state index >= 15 is 0 Å². The third-order valence-corrected chi connectivity index (χ3v) is 5.57. The molecule has 7 nitrogen and oxygen atoms in total. The Balaban J connectivity index is 1.41. The van der Waals surface area contributed by atoms with Crippen LogP contribution in [0.2, 0.25) is 0 Å². The predicted octanol–water partition coefficient (Wildman–Crippen LogP) is 3.58. The number of nitrogens with zero attached hydrogens (tertiary/aromatic N) is 3. The number of carbonyl (C=O) groups excluding carboxylic acids is 2. The summed E-state index contributed by atoms with van der Waals surface area (Å²) in [5, 5.41) is 13.2. The number of rotatable bonds is 6. The van der Waals surface area contributed by atoms with E-state index in [1.54, 1.807) is 6.92 Å². The molecule has 140 valence electrons. The van der Waals surface area contributed by atoms with Crippen molar-refractivity contribution in [1.29, 1.82) is 0 Å². The molecule has 4 rings (SSSR count). The molecule has 1 aliphatic heterocycles. The van der Waals surface area contributed by atoms with E-state index in [1.165, 1.54) is 11.3 Å². The fourth-order valence-electron chi connectivity index (χ4n) is 3.30. The highest BCUT2D eigenvalue weighted by Gasteiger charge is 2.22. The van der Waals surface area contributed by atoms with Crippen LogP contribution < -0.4 is 5.32 Å². The number of benzene rings is 1. The molecule has 1 fully saturated rings. The van der Waals surface area contributed by atoms with E-state index < -0.39 is 0 Å². The summed E-state index contributed by atoms with van der Waals surface area (Å²) in [5.41, 5.74) is 1.63. The lowest BCUT2D eigenvalue weighted by Crippen LogP contribution is -2.14. The van der Waals surface area contributed by atoms with Gasteiger partial charge in [0.05, 0.1) is 0 Å². The van der Waals surface area contributed by atoms with E-state index in [0.29, 0.717) is 17.2 Å². The Morgan fingerprint density at radius 2 is 2.19 bits per heavy atom. The predicted molar refractivity (Wildman–Crippen MR) is 103 cm³/mol. The van der Waals surface area contributed by atoms with Crippen LogP contribution in [0, 0.1) is 0 Å². The van der Waals surface area contributed by atoms with Crippen LogP contribution in [0.1, 0.15) is 47.7 Å². The van der Waals surface area contributed by atoms with Crippen LogP contribution in [0.15, 0.2) is 30.5 Å². The van der Waals surface area contributed by atoms with E-state index in [0.717, 1.165) is 35.4 Å².